The van der Waals surface area contributed by atoms with Gasteiger partial charge in [0.1, 0.15) is 0 Å². The summed E-state index contributed by atoms with van der Waals surface area (Å²) in [6, 6.07) is -0.166. The first-order valence-corrected chi connectivity index (χ1v) is 7.36. The summed E-state index contributed by atoms with van der Waals surface area (Å²) < 4.78 is 5.04. The van der Waals surface area contributed by atoms with Crippen LogP contribution in [0.3, 0.4) is 0 Å². The van der Waals surface area contributed by atoms with Crippen molar-refractivity contribution < 1.29 is 19.4 Å². The minimum absolute atomic E-state index is 0.00796. The number of nitrogens with zero attached hydrogens (tertiary/aromatic N) is 2. The van der Waals surface area contributed by atoms with Gasteiger partial charge in [-0.3, -0.25) is 4.79 Å². The largest absolute Gasteiger partial charge is 0.396 e. The molecule has 2 N–H and O–H groups in total. The first kappa shape index (κ1) is 17.7. The molecule has 1 aliphatic rings. The van der Waals surface area contributed by atoms with E-state index in [1.165, 1.54) is 0 Å². The summed E-state index contributed by atoms with van der Waals surface area (Å²) in [5.74, 6) is -0.0864. The van der Waals surface area contributed by atoms with Crippen molar-refractivity contribution in [1.82, 2.24) is 15.1 Å². The van der Waals surface area contributed by atoms with Gasteiger partial charge in [-0.05, 0) is 19.3 Å². The van der Waals surface area contributed by atoms with E-state index < -0.39 is 0 Å². The smallest absolute Gasteiger partial charge is 0.319 e. The number of carbonyl (C=O) groups is 2. The van der Waals surface area contributed by atoms with Gasteiger partial charge in [0.15, 0.2) is 0 Å². The van der Waals surface area contributed by atoms with E-state index in [2.05, 4.69) is 5.32 Å². The van der Waals surface area contributed by atoms with E-state index >= 15 is 0 Å². The van der Waals surface area contributed by atoms with Crippen LogP contribution in [0.1, 0.15) is 19.3 Å². The first-order chi connectivity index (χ1) is 9.99. The zero-order chi connectivity index (χ0) is 15.8. The number of rotatable bonds is 6. The molecule has 0 aromatic rings. The van der Waals surface area contributed by atoms with Crippen molar-refractivity contribution in [2.24, 2.45) is 5.92 Å². The Hall–Kier alpha value is -1.34. The molecule has 1 atom stereocenters. The fraction of sp³-hybridized carbons (Fsp3) is 0.857. The number of nitrogens with one attached hydrogen (secondary N) is 1. The quantitative estimate of drug-likeness (QED) is 0.717. The number of methoxy groups -OCH3 is 1. The minimum Gasteiger partial charge on any atom is -0.396 e. The van der Waals surface area contributed by atoms with Crippen molar-refractivity contribution in [1.29, 1.82) is 0 Å². The molecule has 1 rings (SSSR count). The van der Waals surface area contributed by atoms with E-state index in [4.69, 9.17) is 9.84 Å². The number of carbonyl (C=O) groups excluding carboxylic acids is 2. The van der Waals surface area contributed by atoms with Crippen LogP contribution < -0.4 is 5.32 Å². The third-order valence-corrected chi connectivity index (χ3v) is 3.71. The topological polar surface area (TPSA) is 82.1 Å². The van der Waals surface area contributed by atoms with Crippen molar-refractivity contribution in [3.05, 3.63) is 0 Å². The molecule has 1 fully saturated rings. The Labute approximate surface area is 126 Å². The summed E-state index contributed by atoms with van der Waals surface area (Å²) in [5.41, 5.74) is 0. The van der Waals surface area contributed by atoms with Crippen LogP contribution in [-0.4, -0.2) is 80.4 Å². The third-order valence-electron chi connectivity index (χ3n) is 3.71. The minimum atomic E-state index is -0.158. The fourth-order valence-corrected chi connectivity index (χ4v) is 2.49. The summed E-state index contributed by atoms with van der Waals surface area (Å²) in [7, 11) is 5.03. The van der Waals surface area contributed by atoms with E-state index in [1.54, 1.807) is 31.0 Å². The van der Waals surface area contributed by atoms with E-state index in [0.29, 0.717) is 39.0 Å². The predicted octanol–water partition coefficient (Wildman–Crippen LogP) is -0.106. The summed E-state index contributed by atoms with van der Waals surface area (Å²) in [5, 5.41) is 11.9. The van der Waals surface area contributed by atoms with E-state index in [1.807, 2.05) is 0 Å². The van der Waals surface area contributed by atoms with Gasteiger partial charge in [-0.15, -0.1) is 0 Å². The van der Waals surface area contributed by atoms with Crippen LogP contribution in [0.4, 0.5) is 4.79 Å². The molecule has 122 valence electrons. The summed E-state index contributed by atoms with van der Waals surface area (Å²) >= 11 is 0. The molecule has 1 unspecified atom stereocenters. The molecule has 1 heterocycles. The van der Waals surface area contributed by atoms with E-state index in [-0.39, 0.29) is 30.5 Å². The van der Waals surface area contributed by atoms with Gasteiger partial charge >= 0.3 is 6.03 Å². The molecule has 0 aliphatic carbocycles. The number of urea groups is 1. The third kappa shape index (κ3) is 5.51. The Morgan fingerprint density at radius 1 is 1.38 bits per heavy atom. The molecule has 0 bridgehead atoms. The molecule has 1 aliphatic heterocycles. The fourth-order valence-electron chi connectivity index (χ4n) is 2.49. The number of likely N-dealkylation sites (tertiary alicyclic amines) is 1. The standard InChI is InChI=1S/C14H27N3O4/c1-16(2)14(20)17-7-4-11(5-8-17)13(19)15-12(6-9-18)10-21-3/h11-12,18H,4-10H2,1-3H3,(H,15,19). The highest BCUT2D eigenvalue weighted by molar-refractivity contribution is 5.80. The Kier molecular flexibility index (Phi) is 7.45. The van der Waals surface area contributed by atoms with Crippen LogP contribution in [0.5, 0.6) is 0 Å². The molecule has 21 heavy (non-hydrogen) atoms. The summed E-state index contributed by atoms with van der Waals surface area (Å²) in [4.78, 5) is 27.4. The Morgan fingerprint density at radius 3 is 2.48 bits per heavy atom. The number of amides is 3. The molecule has 0 saturated carbocycles. The van der Waals surface area contributed by atoms with Gasteiger partial charge < -0.3 is 25.0 Å². The van der Waals surface area contributed by atoms with Crippen molar-refractivity contribution in [3.8, 4) is 0 Å². The zero-order valence-electron chi connectivity index (χ0n) is 13.2. The van der Waals surface area contributed by atoms with Crippen LogP contribution in [0.15, 0.2) is 0 Å². The molecule has 0 aromatic heterocycles. The van der Waals surface area contributed by atoms with Gasteiger partial charge in [0, 0.05) is 46.8 Å². The van der Waals surface area contributed by atoms with Crippen molar-refractivity contribution in [3.63, 3.8) is 0 Å². The first-order valence-electron chi connectivity index (χ1n) is 7.36. The number of aliphatic hydroxyl groups is 1. The average Bonchev–Trinajstić information content (AvgIpc) is 2.47. The van der Waals surface area contributed by atoms with Crippen LogP contribution in [0.25, 0.3) is 0 Å². The number of hydrogen-bond donors (Lipinski definition) is 2. The van der Waals surface area contributed by atoms with Crippen LogP contribution >= 0.6 is 0 Å². The lowest BCUT2D eigenvalue weighted by Gasteiger charge is -2.33. The Bertz CT molecular complexity index is 335. The van der Waals surface area contributed by atoms with Gasteiger partial charge in [0.25, 0.3) is 0 Å². The number of piperidine rings is 1. The highest BCUT2D eigenvalue weighted by atomic mass is 16.5. The molecular weight excluding hydrogens is 274 g/mol. The number of aliphatic hydroxyl groups excluding tert-OH is 1. The Morgan fingerprint density at radius 2 is 2.00 bits per heavy atom. The predicted molar refractivity (Wildman–Crippen MR) is 78.9 cm³/mol. The van der Waals surface area contributed by atoms with E-state index in [9.17, 15) is 9.59 Å². The second kappa shape index (κ2) is 8.84. The van der Waals surface area contributed by atoms with Crippen molar-refractivity contribution in [2.45, 2.75) is 25.3 Å². The maximum atomic E-state index is 12.2. The highest BCUT2D eigenvalue weighted by Crippen LogP contribution is 2.18. The summed E-state index contributed by atoms with van der Waals surface area (Å²) in [6.45, 7) is 1.61. The molecule has 0 spiro atoms. The lowest BCUT2D eigenvalue weighted by molar-refractivity contribution is -0.127. The molecule has 7 nitrogen and oxygen atoms in total. The monoisotopic (exact) mass is 301 g/mol. The molecule has 7 heteroatoms. The van der Waals surface area contributed by atoms with Crippen molar-refractivity contribution >= 4 is 11.9 Å². The molecule has 3 amide bonds. The molecular formula is C14H27N3O4. The SMILES string of the molecule is COCC(CCO)NC(=O)C1CCN(C(=O)N(C)C)CC1. The Balaban J connectivity index is 2.42. The molecule has 0 radical (unpaired) electrons. The molecule has 0 aromatic carbocycles. The second-order valence-electron chi connectivity index (χ2n) is 5.61. The summed E-state index contributed by atoms with van der Waals surface area (Å²) in [6.07, 6.45) is 1.83. The second-order valence-corrected chi connectivity index (χ2v) is 5.61. The average molecular weight is 301 g/mol. The normalized spacial score (nSPS) is 17.4. The maximum absolute atomic E-state index is 12.2. The van der Waals surface area contributed by atoms with Crippen LogP contribution in [0.2, 0.25) is 0 Å². The lowest BCUT2D eigenvalue weighted by atomic mass is 9.95. The number of hydrogen-bond acceptors (Lipinski definition) is 4. The lowest BCUT2D eigenvalue weighted by Crippen LogP contribution is -2.48. The number of ether oxygens (including phenoxy) is 1. The van der Waals surface area contributed by atoms with Crippen LogP contribution in [-0.2, 0) is 9.53 Å². The van der Waals surface area contributed by atoms with Gasteiger partial charge in [-0.25, -0.2) is 4.79 Å². The van der Waals surface area contributed by atoms with Crippen molar-refractivity contribution in [2.75, 3.05) is 47.5 Å². The molecule has 1 saturated heterocycles. The zero-order valence-corrected chi connectivity index (χ0v) is 13.2. The maximum Gasteiger partial charge on any atom is 0.319 e. The van der Waals surface area contributed by atoms with Gasteiger partial charge in [-0.1, -0.05) is 0 Å². The van der Waals surface area contributed by atoms with Crippen LogP contribution in [0, 0.1) is 5.92 Å². The van der Waals surface area contributed by atoms with Gasteiger partial charge in [0.2, 0.25) is 5.91 Å². The highest BCUT2D eigenvalue weighted by Gasteiger charge is 2.28. The van der Waals surface area contributed by atoms with Gasteiger partial charge in [-0.2, -0.15) is 0 Å². The van der Waals surface area contributed by atoms with E-state index in [0.717, 1.165) is 0 Å². The van der Waals surface area contributed by atoms with Gasteiger partial charge in [0.05, 0.1) is 12.6 Å².